The summed E-state index contributed by atoms with van der Waals surface area (Å²) in [6.07, 6.45) is 14.0. The van der Waals surface area contributed by atoms with Crippen molar-refractivity contribution in [3.05, 3.63) is 24.3 Å². The summed E-state index contributed by atoms with van der Waals surface area (Å²) in [7, 11) is 0. The van der Waals surface area contributed by atoms with Gasteiger partial charge in [0.1, 0.15) is 0 Å². The van der Waals surface area contributed by atoms with Crippen molar-refractivity contribution >= 4 is 5.97 Å². The monoisotopic (exact) mass is 270 g/mol. The van der Waals surface area contributed by atoms with E-state index in [1.807, 2.05) is 0 Å². The number of carbonyl (C=O) groups excluding carboxylic acids is 1. The molecule has 0 aromatic carbocycles. The molecule has 13 heavy (non-hydrogen) atoms. The van der Waals surface area contributed by atoms with Crippen LogP contribution in [0.1, 0.15) is 32.6 Å². The third-order valence-electron chi connectivity index (χ3n) is 1.33. The Kier molecular flexibility index (Phi) is 13.4. The summed E-state index contributed by atoms with van der Waals surface area (Å²) in [6, 6.07) is 0. The number of carbonyl (C=O) groups is 1. The number of allylic oxidation sites excluding steroid dienone is 4. The van der Waals surface area contributed by atoms with E-state index in [-0.39, 0.29) is 19.5 Å². The van der Waals surface area contributed by atoms with E-state index in [0.29, 0.717) is 0 Å². The third-order valence-corrected chi connectivity index (χ3v) is 1.33. The van der Waals surface area contributed by atoms with E-state index in [1.54, 1.807) is 0 Å². The van der Waals surface area contributed by atoms with Crippen molar-refractivity contribution in [3.8, 4) is 0 Å². The maximum atomic E-state index is 8.89. The van der Waals surface area contributed by atoms with Crippen LogP contribution in [0.3, 0.4) is 0 Å². The molecule has 0 saturated carbocycles. The molecule has 1 aliphatic rings. The summed E-state index contributed by atoms with van der Waals surface area (Å²) in [5.74, 6) is -1.08. The van der Waals surface area contributed by atoms with E-state index in [2.05, 4.69) is 24.3 Å². The van der Waals surface area contributed by atoms with E-state index < -0.39 is 5.97 Å². The zero-order valence-corrected chi connectivity index (χ0v) is 9.43. The Morgan fingerprint density at radius 3 is 1.31 bits per heavy atom. The first-order valence-corrected chi connectivity index (χ1v) is 4.21. The standard InChI is InChI=1S/C8H12.C2H4O2.Rh/c1-2-4-6-8-7-5-3-1;1-2(3)4;/h1-2,7-8H,3-6H2;1H3,(H,3,4);/q;;+1/p-1/b2-1-,8-7-;;. The van der Waals surface area contributed by atoms with Crippen molar-refractivity contribution in [2.75, 3.05) is 0 Å². The van der Waals surface area contributed by atoms with E-state index >= 15 is 0 Å². The minimum atomic E-state index is -1.08. The van der Waals surface area contributed by atoms with Gasteiger partial charge in [-0.2, -0.15) is 0 Å². The van der Waals surface area contributed by atoms with Gasteiger partial charge in [-0.3, -0.25) is 0 Å². The molecule has 1 rings (SSSR count). The van der Waals surface area contributed by atoms with Crippen LogP contribution < -0.4 is 5.11 Å². The van der Waals surface area contributed by atoms with Gasteiger partial charge in [0.25, 0.3) is 0 Å². The summed E-state index contributed by atoms with van der Waals surface area (Å²) in [5.41, 5.74) is 0. The van der Waals surface area contributed by atoms with Gasteiger partial charge in [-0.15, -0.1) is 0 Å². The van der Waals surface area contributed by atoms with Gasteiger partial charge in [0.2, 0.25) is 0 Å². The maximum absolute atomic E-state index is 8.89. The first-order chi connectivity index (χ1) is 5.73. The van der Waals surface area contributed by atoms with Crippen LogP contribution in [0.4, 0.5) is 0 Å². The number of hydrogen-bond acceptors (Lipinski definition) is 2. The normalized spacial score (nSPS) is 19.2. The van der Waals surface area contributed by atoms with E-state index in [1.165, 1.54) is 25.7 Å². The van der Waals surface area contributed by atoms with Gasteiger partial charge < -0.3 is 9.90 Å². The van der Waals surface area contributed by atoms with Gasteiger partial charge >= 0.3 is 19.5 Å². The van der Waals surface area contributed by atoms with E-state index in [0.717, 1.165) is 6.92 Å². The summed E-state index contributed by atoms with van der Waals surface area (Å²) >= 11 is 0. The average Bonchev–Trinajstić information content (AvgIpc) is 1.82. The second kappa shape index (κ2) is 11.6. The van der Waals surface area contributed by atoms with Crippen LogP contribution in [-0.4, -0.2) is 5.97 Å². The van der Waals surface area contributed by atoms with Crippen LogP contribution in [0, 0.1) is 0 Å². The van der Waals surface area contributed by atoms with Crippen LogP contribution >= 0.6 is 0 Å². The Bertz CT molecular complexity index is 144. The Morgan fingerprint density at radius 2 is 1.15 bits per heavy atom. The topological polar surface area (TPSA) is 40.1 Å². The van der Waals surface area contributed by atoms with Crippen molar-refractivity contribution in [2.24, 2.45) is 0 Å². The van der Waals surface area contributed by atoms with Gasteiger partial charge in [0.15, 0.2) is 0 Å². The van der Waals surface area contributed by atoms with Crippen molar-refractivity contribution in [1.29, 1.82) is 0 Å². The molecule has 0 N–H and O–H groups in total. The maximum Gasteiger partial charge on any atom is 1.00 e. The fourth-order valence-corrected chi connectivity index (χ4v) is 0.856. The van der Waals surface area contributed by atoms with Crippen LogP contribution in [-0.2, 0) is 24.3 Å². The zero-order chi connectivity index (χ0) is 9.23. The molecule has 0 radical (unpaired) electrons. The molecule has 0 saturated heterocycles. The van der Waals surface area contributed by atoms with E-state index in [4.69, 9.17) is 9.90 Å². The van der Waals surface area contributed by atoms with Gasteiger partial charge in [-0.25, -0.2) is 0 Å². The molecule has 0 amide bonds. The molecular weight excluding hydrogens is 255 g/mol. The van der Waals surface area contributed by atoms with Gasteiger partial charge in [0, 0.05) is 5.97 Å². The third kappa shape index (κ3) is 18.5. The molecule has 1 aliphatic carbocycles. The van der Waals surface area contributed by atoms with Gasteiger partial charge in [-0.05, 0) is 32.6 Å². The van der Waals surface area contributed by atoms with Gasteiger partial charge in [0.05, 0.1) is 0 Å². The largest absolute Gasteiger partial charge is 1.00 e. The second-order valence-electron chi connectivity index (χ2n) is 2.59. The molecule has 2 nitrogen and oxygen atoms in total. The van der Waals surface area contributed by atoms with Crippen molar-refractivity contribution in [3.63, 3.8) is 0 Å². The second-order valence-corrected chi connectivity index (χ2v) is 2.59. The molecular formula is C10H15O2Rh. The summed E-state index contributed by atoms with van der Waals surface area (Å²) in [5, 5.41) is 8.89. The first-order valence-electron chi connectivity index (χ1n) is 4.21. The molecule has 0 spiro atoms. The van der Waals surface area contributed by atoms with Crippen LogP contribution in [0.2, 0.25) is 0 Å². The molecule has 0 bridgehead atoms. The van der Waals surface area contributed by atoms with Crippen LogP contribution in [0.15, 0.2) is 24.3 Å². The van der Waals surface area contributed by atoms with Crippen LogP contribution in [0.25, 0.3) is 0 Å². The fourth-order valence-electron chi connectivity index (χ4n) is 0.856. The predicted molar refractivity (Wildman–Crippen MR) is 47.4 cm³/mol. The smallest absolute Gasteiger partial charge is 0.550 e. The Labute approximate surface area is 92.5 Å². The molecule has 0 aliphatic heterocycles. The minimum Gasteiger partial charge on any atom is -0.550 e. The Balaban J connectivity index is 0. The summed E-state index contributed by atoms with van der Waals surface area (Å²) in [4.78, 5) is 8.89. The molecule has 0 fully saturated rings. The number of carboxylic acids is 1. The van der Waals surface area contributed by atoms with E-state index in [9.17, 15) is 0 Å². The number of hydrogen-bond donors (Lipinski definition) is 0. The fraction of sp³-hybridized carbons (Fsp3) is 0.500. The zero-order valence-electron chi connectivity index (χ0n) is 7.79. The molecule has 0 aromatic rings. The number of rotatable bonds is 0. The number of aliphatic carboxylic acids is 1. The molecule has 0 heterocycles. The number of carboxylic acid groups (broad SMARTS) is 1. The molecule has 0 atom stereocenters. The molecule has 3 heteroatoms. The Morgan fingerprint density at radius 1 is 1.00 bits per heavy atom. The molecule has 0 aromatic heterocycles. The quantitative estimate of drug-likeness (QED) is 0.493. The first kappa shape index (κ1) is 15.1. The van der Waals surface area contributed by atoms with Gasteiger partial charge in [-0.1, -0.05) is 24.3 Å². The average molecular weight is 270 g/mol. The van der Waals surface area contributed by atoms with Crippen molar-refractivity contribution < 1.29 is 29.4 Å². The predicted octanol–water partition coefficient (Wildman–Crippen LogP) is 1.43. The Hall–Kier alpha value is -0.427. The molecule has 76 valence electrons. The van der Waals surface area contributed by atoms with Crippen molar-refractivity contribution in [2.45, 2.75) is 32.6 Å². The van der Waals surface area contributed by atoms with Crippen molar-refractivity contribution in [1.82, 2.24) is 0 Å². The minimum absolute atomic E-state index is 0. The SMILES string of the molecule is C1=C\CC/C=C\CC/1.CC(=O)[O-].[Rh+]. The van der Waals surface area contributed by atoms with Crippen LogP contribution in [0.5, 0.6) is 0 Å². The summed E-state index contributed by atoms with van der Waals surface area (Å²) < 4.78 is 0. The summed E-state index contributed by atoms with van der Waals surface area (Å²) in [6.45, 7) is 0.972. The molecule has 0 unspecified atom stereocenters.